The minimum atomic E-state index is -0.782. The third kappa shape index (κ3) is 2.97. The molecule has 4 heteroatoms. The van der Waals surface area contributed by atoms with E-state index in [1.54, 1.807) is 19.2 Å². The standard InChI is InChI=1S/C13H20N2O2/c1-13(2,3)10-7-8(17-4)5-6-9(10)11(14)12(15)16/h5-7,11H,14H2,1-4H3,(H2,15,16). The summed E-state index contributed by atoms with van der Waals surface area (Å²) in [5, 5.41) is 0. The van der Waals surface area contributed by atoms with Crippen LogP contribution in [0.15, 0.2) is 18.2 Å². The Morgan fingerprint density at radius 2 is 1.94 bits per heavy atom. The smallest absolute Gasteiger partial charge is 0.238 e. The van der Waals surface area contributed by atoms with E-state index in [2.05, 4.69) is 20.8 Å². The van der Waals surface area contributed by atoms with Crippen molar-refractivity contribution in [1.29, 1.82) is 0 Å². The van der Waals surface area contributed by atoms with Crippen molar-refractivity contribution in [3.63, 3.8) is 0 Å². The summed E-state index contributed by atoms with van der Waals surface area (Å²) in [6.07, 6.45) is 0. The molecule has 4 nitrogen and oxygen atoms in total. The van der Waals surface area contributed by atoms with Gasteiger partial charge in [0, 0.05) is 0 Å². The van der Waals surface area contributed by atoms with Crippen molar-refractivity contribution in [3.8, 4) is 5.75 Å². The number of hydrogen-bond acceptors (Lipinski definition) is 3. The molecule has 0 fully saturated rings. The van der Waals surface area contributed by atoms with Gasteiger partial charge in [-0.1, -0.05) is 26.8 Å². The van der Waals surface area contributed by atoms with Gasteiger partial charge in [-0.3, -0.25) is 4.79 Å². The predicted octanol–water partition coefficient (Wildman–Crippen LogP) is 1.48. The summed E-state index contributed by atoms with van der Waals surface area (Å²) < 4.78 is 5.19. The number of carbonyl (C=O) groups is 1. The highest BCUT2D eigenvalue weighted by atomic mass is 16.5. The highest BCUT2D eigenvalue weighted by Gasteiger charge is 2.24. The molecule has 1 atom stereocenters. The lowest BCUT2D eigenvalue weighted by atomic mass is 9.81. The van der Waals surface area contributed by atoms with E-state index < -0.39 is 11.9 Å². The van der Waals surface area contributed by atoms with Crippen LogP contribution in [0.4, 0.5) is 0 Å². The van der Waals surface area contributed by atoms with Gasteiger partial charge in [0.1, 0.15) is 11.8 Å². The molecule has 0 bridgehead atoms. The number of amides is 1. The molecule has 0 spiro atoms. The molecule has 1 aromatic carbocycles. The second kappa shape index (κ2) is 4.75. The van der Waals surface area contributed by atoms with Gasteiger partial charge >= 0.3 is 0 Å². The van der Waals surface area contributed by atoms with Gasteiger partial charge in [-0.15, -0.1) is 0 Å². The molecule has 1 unspecified atom stereocenters. The predicted molar refractivity (Wildman–Crippen MR) is 67.8 cm³/mol. The van der Waals surface area contributed by atoms with Crippen molar-refractivity contribution in [2.24, 2.45) is 11.5 Å². The van der Waals surface area contributed by atoms with Gasteiger partial charge in [0.05, 0.1) is 7.11 Å². The maximum atomic E-state index is 11.2. The first-order valence-electron chi connectivity index (χ1n) is 5.50. The molecular formula is C13H20N2O2. The molecule has 0 saturated heterocycles. The first kappa shape index (κ1) is 13.5. The fourth-order valence-corrected chi connectivity index (χ4v) is 1.74. The van der Waals surface area contributed by atoms with E-state index in [1.165, 1.54) is 0 Å². The number of primary amides is 1. The van der Waals surface area contributed by atoms with Crippen LogP contribution >= 0.6 is 0 Å². The van der Waals surface area contributed by atoms with Crippen LogP contribution in [0.3, 0.4) is 0 Å². The highest BCUT2D eigenvalue weighted by Crippen LogP contribution is 2.32. The third-order valence-corrected chi connectivity index (χ3v) is 2.71. The van der Waals surface area contributed by atoms with E-state index in [0.717, 1.165) is 16.9 Å². The summed E-state index contributed by atoms with van der Waals surface area (Å²) in [7, 11) is 1.61. The van der Waals surface area contributed by atoms with Crippen LogP contribution in [0.1, 0.15) is 37.9 Å². The van der Waals surface area contributed by atoms with Crippen molar-refractivity contribution in [2.45, 2.75) is 32.2 Å². The number of benzene rings is 1. The van der Waals surface area contributed by atoms with Gasteiger partial charge in [0.2, 0.25) is 5.91 Å². The summed E-state index contributed by atoms with van der Waals surface area (Å²) >= 11 is 0. The average Bonchev–Trinajstić information content (AvgIpc) is 2.26. The van der Waals surface area contributed by atoms with Gasteiger partial charge in [-0.2, -0.15) is 0 Å². The minimum Gasteiger partial charge on any atom is -0.497 e. The average molecular weight is 236 g/mol. The van der Waals surface area contributed by atoms with E-state index in [4.69, 9.17) is 16.2 Å². The fraction of sp³-hybridized carbons (Fsp3) is 0.462. The second-order valence-corrected chi connectivity index (χ2v) is 5.08. The summed E-state index contributed by atoms with van der Waals surface area (Å²) in [5.41, 5.74) is 12.7. The molecule has 1 aromatic rings. The lowest BCUT2D eigenvalue weighted by Crippen LogP contribution is -2.30. The Hall–Kier alpha value is -1.55. The number of ether oxygens (including phenoxy) is 1. The first-order chi connectivity index (χ1) is 7.77. The van der Waals surface area contributed by atoms with Crippen LogP contribution < -0.4 is 16.2 Å². The Bertz CT molecular complexity index is 422. The minimum absolute atomic E-state index is 0.128. The fourth-order valence-electron chi connectivity index (χ4n) is 1.74. The number of rotatable bonds is 3. The van der Waals surface area contributed by atoms with Crippen LogP contribution in [-0.4, -0.2) is 13.0 Å². The summed E-state index contributed by atoms with van der Waals surface area (Å²) in [5.74, 6) is 0.219. The molecule has 0 aromatic heterocycles. The van der Waals surface area contributed by atoms with Crippen molar-refractivity contribution in [2.75, 3.05) is 7.11 Å². The van der Waals surface area contributed by atoms with Crippen molar-refractivity contribution in [3.05, 3.63) is 29.3 Å². The Labute approximate surface area is 102 Å². The Morgan fingerprint density at radius 3 is 2.35 bits per heavy atom. The third-order valence-electron chi connectivity index (χ3n) is 2.71. The van der Waals surface area contributed by atoms with Crippen molar-refractivity contribution >= 4 is 5.91 Å². The molecule has 0 aliphatic carbocycles. The molecule has 94 valence electrons. The molecule has 1 amide bonds. The summed E-state index contributed by atoms with van der Waals surface area (Å²) in [6, 6.07) is 4.70. The number of methoxy groups -OCH3 is 1. The normalized spacial score (nSPS) is 13.2. The Morgan fingerprint density at radius 1 is 1.35 bits per heavy atom. The summed E-state index contributed by atoms with van der Waals surface area (Å²) in [6.45, 7) is 6.16. The molecular weight excluding hydrogens is 216 g/mol. The SMILES string of the molecule is COc1ccc(C(N)C(N)=O)c(C(C)(C)C)c1. The number of carbonyl (C=O) groups excluding carboxylic acids is 1. The lowest BCUT2D eigenvalue weighted by Gasteiger charge is -2.25. The van der Waals surface area contributed by atoms with Gasteiger partial charge in [0.15, 0.2) is 0 Å². The van der Waals surface area contributed by atoms with E-state index >= 15 is 0 Å². The summed E-state index contributed by atoms with van der Waals surface area (Å²) in [4.78, 5) is 11.2. The van der Waals surface area contributed by atoms with Crippen LogP contribution in [0.2, 0.25) is 0 Å². The van der Waals surface area contributed by atoms with Crippen LogP contribution in [0, 0.1) is 0 Å². The first-order valence-corrected chi connectivity index (χ1v) is 5.50. The number of nitrogens with two attached hydrogens (primary N) is 2. The van der Waals surface area contributed by atoms with Gasteiger partial charge in [-0.05, 0) is 28.7 Å². The van der Waals surface area contributed by atoms with Gasteiger partial charge < -0.3 is 16.2 Å². The maximum absolute atomic E-state index is 11.2. The molecule has 0 radical (unpaired) electrons. The Kier molecular flexibility index (Phi) is 3.78. The zero-order chi connectivity index (χ0) is 13.2. The molecule has 4 N–H and O–H groups in total. The monoisotopic (exact) mass is 236 g/mol. The van der Waals surface area contributed by atoms with E-state index in [0.29, 0.717) is 0 Å². The van der Waals surface area contributed by atoms with Crippen molar-refractivity contribution < 1.29 is 9.53 Å². The van der Waals surface area contributed by atoms with E-state index in [9.17, 15) is 4.79 Å². The van der Waals surface area contributed by atoms with Crippen molar-refractivity contribution in [1.82, 2.24) is 0 Å². The molecule has 0 aliphatic heterocycles. The molecule has 0 saturated carbocycles. The molecule has 0 heterocycles. The van der Waals surface area contributed by atoms with E-state index in [1.807, 2.05) is 6.07 Å². The number of hydrogen-bond donors (Lipinski definition) is 2. The maximum Gasteiger partial charge on any atom is 0.238 e. The lowest BCUT2D eigenvalue weighted by molar-refractivity contribution is -0.119. The zero-order valence-corrected chi connectivity index (χ0v) is 10.8. The quantitative estimate of drug-likeness (QED) is 0.834. The van der Waals surface area contributed by atoms with Crippen LogP contribution in [0.25, 0.3) is 0 Å². The zero-order valence-electron chi connectivity index (χ0n) is 10.8. The Balaban J connectivity index is 3.35. The largest absolute Gasteiger partial charge is 0.497 e. The van der Waals surface area contributed by atoms with Crippen LogP contribution in [0.5, 0.6) is 5.75 Å². The van der Waals surface area contributed by atoms with Gasteiger partial charge in [0.25, 0.3) is 0 Å². The topological polar surface area (TPSA) is 78.3 Å². The highest BCUT2D eigenvalue weighted by molar-refractivity contribution is 5.81. The van der Waals surface area contributed by atoms with Crippen LogP contribution in [-0.2, 0) is 10.2 Å². The van der Waals surface area contributed by atoms with Gasteiger partial charge in [-0.25, -0.2) is 0 Å². The van der Waals surface area contributed by atoms with E-state index in [-0.39, 0.29) is 5.41 Å². The molecule has 1 rings (SSSR count). The second-order valence-electron chi connectivity index (χ2n) is 5.08. The molecule has 17 heavy (non-hydrogen) atoms. The molecule has 0 aliphatic rings.